The number of hydrogen-bond donors (Lipinski definition) is 3. The number of benzene rings is 2. The third-order valence-electron chi connectivity index (χ3n) is 4.75. The number of rotatable bonds is 1. The Morgan fingerprint density at radius 1 is 1.04 bits per heavy atom. The van der Waals surface area contributed by atoms with Gasteiger partial charge < -0.3 is 24.8 Å². The van der Waals surface area contributed by atoms with E-state index in [1.807, 2.05) is 32.1 Å². The molecule has 0 aliphatic carbocycles. The molecule has 0 saturated heterocycles. The van der Waals surface area contributed by atoms with Crippen molar-refractivity contribution in [2.45, 2.75) is 31.5 Å². The first kappa shape index (κ1) is 15.8. The van der Waals surface area contributed by atoms with E-state index < -0.39 is 17.6 Å². The Morgan fingerprint density at radius 3 is 2.60 bits per heavy atom. The first-order chi connectivity index (χ1) is 11.9. The first-order valence-electron chi connectivity index (χ1n) is 8.23. The molecule has 0 amide bonds. The van der Waals surface area contributed by atoms with E-state index in [4.69, 9.17) is 9.47 Å². The number of phenols is 2. The van der Waals surface area contributed by atoms with Gasteiger partial charge in [-0.1, -0.05) is 6.07 Å². The van der Waals surface area contributed by atoms with E-state index in [2.05, 4.69) is 0 Å². The molecule has 0 radical (unpaired) electrons. The molecule has 2 aromatic rings. The van der Waals surface area contributed by atoms with Crippen LogP contribution in [0.15, 0.2) is 36.4 Å². The van der Waals surface area contributed by atoms with E-state index in [1.165, 1.54) is 12.1 Å². The lowest BCUT2D eigenvalue weighted by Crippen LogP contribution is -2.28. The molecule has 0 saturated carbocycles. The summed E-state index contributed by atoms with van der Waals surface area (Å²) in [6.07, 6.45) is 2.91. The Morgan fingerprint density at radius 2 is 1.80 bits per heavy atom. The van der Waals surface area contributed by atoms with Crippen LogP contribution in [0, 0.1) is 0 Å². The van der Waals surface area contributed by atoms with Crippen LogP contribution >= 0.6 is 0 Å². The monoisotopic (exact) mass is 340 g/mol. The Hall–Kier alpha value is -2.66. The number of phenolic OH excluding ortho intramolecular Hbond substituents is 2. The van der Waals surface area contributed by atoms with E-state index in [1.54, 1.807) is 12.1 Å². The standard InChI is InChI=1S/C20H20O5/c1-20(2)8-7-14-16(25-20)6-5-12(18(14)22)15-10-24-17-9-11(21)3-4-13(17)19(15)23/h3-9,15,19,21-23H,10H2,1-2H3/t15-,19+/m0/s1. The highest BCUT2D eigenvalue weighted by Gasteiger charge is 2.34. The molecule has 25 heavy (non-hydrogen) atoms. The van der Waals surface area contributed by atoms with Gasteiger partial charge in [-0.3, -0.25) is 0 Å². The summed E-state index contributed by atoms with van der Waals surface area (Å²) in [5.41, 5.74) is 1.40. The lowest BCUT2D eigenvalue weighted by Gasteiger charge is -2.33. The van der Waals surface area contributed by atoms with Crippen molar-refractivity contribution in [2.24, 2.45) is 0 Å². The van der Waals surface area contributed by atoms with Crippen LogP contribution in [0.1, 0.15) is 42.6 Å². The molecule has 2 atom stereocenters. The number of aliphatic hydroxyl groups is 1. The van der Waals surface area contributed by atoms with Crippen molar-refractivity contribution in [2.75, 3.05) is 6.61 Å². The van der Waals surface area contributed by atoms with Crippen LogP contribution in [0.25, 0.3) is 6.08 Å². The van der Waals surface area contributed by atoms with Crippen LogP contribution < -0.4 is 9.47 Å². The second kappa shape index (κ2) is 5.43. The maximum absolute atomic E-state index is 10.8. The van der Waals surface area contributed by atoms with Crippen LogP contribution in [-0.2, 0) is 0 Å². The van der Waals surface area contributed by atoms with Crippen molar-refractivity contribution in [3.05, 3.63) is 53.1 Å². The minimum Gasteiger partial charge on any atom is -0.508 e. The van der Waals surface area contributed by atoms with Gasteiger partial charge in [-0.2, -0.15) is 0 Å². The smallest absolute Gasteiger partial charge is 0.131 e. The molecule has 0 spiro atoms. The molecule has 0 bridgehead atoms. The zero-order valence-electron chi connectivity index (χ0n) is 14.1. The minimum absolute atomic E-state index is 0.0888. The molecular weight excluding hydrogens is 320 g/mol. The predicted octanol–water partition coefficient (Wildman–Crippen LogP) is 3.49. The third-order valence-corrected chi connectivity index (χ3v) is 4.75. The van der Waals surface area contributed by atoms with Crippen molar-refractivity contribution in [3.8, 4) is 23.0 Å². The minimum atomic E-state index is -0.835. The molecule has 0 aromatic heterocycles. The molecule has 2 aromatic carbocycles. The molecule has 2 aliphatic heterocycles. The van der Waals surface area contributed by atoms with Gasteiger partial charge >= 0.3 is 0 Å². The second-order valence-electron chi connectivity index (χ2n) is 7.04. The van der Waals surface area contributed by atoms with Gasteiger partial charge in [-0.25, -0.2) is 0 Å². The number of fused-ring (bicyclic) bond motifs is 2. The fraction of sp³-hybridized carbons (Fsp3) is 0.300. The average molecular weight is 340 g/mol. The van der Waals surface area contributed by atoms with E-state index in [0.717, 1.165) is 0 Å². The Balaban J connectivity index is 1.73. The molecule has 4 rings (SSSR count). The van der Waals surface area contributed by atoms with Gasteiger partial charge in [0.25, 0.3) is 0 Å². The normalized spacial score (nSPS) is 23.2. The van der Waals surface area contributed by atoms with Gasteiger partial charge in [0.2, 0.25) is 0 Å². The van der Waals surface area contributed by atoms with Gasteiger partial charge in [0.05, 0.1) is 24.2 Å². The predicted molar refractivity (Wildman–Crippen MR) is 93.2 cm³/mol. The van der Waals surface area contributed by atoms with Gasteiger partial charge in [0.1, 0.15) is 28.6 Å². The summed E-state index contributed by atoms with van der Waals surface area (Å²) in [5, 5.41) is 31.0. The van der Waals surface area contributed by atoms with Crippen molar-refractivity contribution >= 4 is 6.08 Å². The summed E-state index contributed by atoms with van der Waals surface area (Å²) in [5.74, 6) is 0.854. The highest BCUT2D eigenvalue weighted by atomic mass is 16.5. The summed E-state index contributed by atoms with van der Waals surface area (Å²) in [4.78, 5) is 0. The van der Waals surface area contributed by atoms with E-state index in [-0.39, 0.29) is 18.1 Å². The van der Waals surface area contributed by atoms with Crippen LogP contribution in [0.3, 0.4) is 0 Å². The summed E-state index contributed by atoms with van der Waals surface area (Å²) >= 11 is 0. The maximum Gasteiger partial charge on any atom is 0.131 e. The zero-order valence-corrected chi connectivity index (χ0v) is 14.1. The van der Waals surface area contributed by atoms with Crippen LogP contribution in [0.5, 0.6) is 23.0 Å². The SMILES string of the molecule is CC1(C)C=Cc2c(ccc([C@@H]3COc4cc(O)ccc4[C@H]3O)c2O)O1. The van der Waals surface area contributed by atoms with Gasteiger partial charge in [0.15, 0.2) is 0 Å². The van der Waals surface area contributed by atoms with Crippen molar-refractivity contribution in [1.29, 1.82) is 0 Å². The molecule has 2 aliphatic rings. The zero-order chi connectivity index (χ0) is 17.8. The summed E-state index contributed by atoms with van der Waals surface area (Å²) in [6, 6.07) is 8.22. The highest BCUT2D eigenvalue weighted by molar-refractivity contribution is 5.69. The number of ether oxygens (including phenoxy) is 2. The fourth-order valence-corrected chi connectivity index (χ4v) is 3.40. The summed E-state index contributed by atoms with van der Waals surface area (Å²) in [7, 11) is 0. The molecule has 0 unspecified atom stereocenters. The van der Waals surface area contributed by atoms with E-state index in [0.29, 0.717) is 28.2 Å². The third kappa shape index (κ3) is 2.61. The summed E-state index contributed by atoms with van der Waals surface area (Å²) in [6.45, 7) is 4.10. The number of aromatic hydroxyl groups is 2. The molecule has 3 N–H and O–H groups in total. The van der Waals surface area contributed by atoms with Gasteiger partial charge in [-0.05, 0) is 44.2 Å². The van der Waals surface area contributed by atoms with Crippen molar-refractivity contribution < 1.29 is 24.8 Å². The van der Waals surface area contributed by atoms with Crippen LogP contribution in [0.2, 0.25) is 0 Å². The van der Waals surface area contributed by atoms with Crippen molar-refractivity contribution in [1.82, 2.24) is 0 Å². The van der Waals surface area contributed by atoms with Crippen LogP contribution in [0.4, 0.5) is 0 Å². The molecule has 0 fully saturated rings. The highest BCUT2D eigenvalue weighted by Crippen LogP contribution is 2.47. The second-order valence-corrected chi connectivity index (χ2v) is 7.04. The largest absolute Gasteiger partial charge is 0.508 e. The fourth-order valence-electron chi connectivity index (χ4n) is 3.40. The van der Waals surface area contributed by atoms with Gasteiger partial charge in [-0.15, -0.1) is 0 Å². The molecule has 5 heteroatoms. The van der Waals surface area contributed by atoms with Crippen molar-refractivity contribution in [3.63, 3.8) is 0 Å². The maximum atomic E-state index is 10.8. The quantitative estimate of drug-likeness (QED) is 0.740. The number of hydrogen-bond acceptors (Lipinski definition) is 5. The Kier molecular flexibility index (Phi) is 3.44. The Labute approximate surface area is 145 Å². The molecule has 130 valence electrons. The molecule has 5 nitrogen and oxygen atoms in total. The summed E-state index contributed by atoms with van der Waals surface area (Å²) < 4.78 is 11.6. The molecule has 2 heterocycles. The van der Waals surface area contributed by atoms with Crippen LogP contribution in [-0.4, -0.2) is 27.5 Å². The lowest BCUT2D eigenvalue weighted by molar-refractivity contribution is 0.0873. The first-order valence-corrected chi connectivity index (χ1v) is 8.23. The van der Waals surface area contributed by atoms with E-state index >= 15 is 0 Å². The number of aliphatic hydroxyl groups excluding tert-OH is 1. The van der Waals surface area contributed by atoms with Gasteiger partial charge in [0, 0.05) is 17.2 Å². The average Bonchev–Trinajstić information content (AvgIpc) is 2.55. The molecular formula is C20H20O5. The topological polar surface area (TPSA) is 79.2 Å². The Bertz CT molecular complexity index is 869. The van der Waals surface area contributed by atoms with E-state index in [9.17, 15) is 15.3 Å². The lowest BCUT2D eigenvalue weighted by atomic mass is 9.85.